The quantitative estimate of drug-likeness (QED) is 0.850. The lowest BCUT2D eigenvalue weighted by molar-refractivity contribution is 0.584. The van der Waals surface area contributed by atoms with E-state index in [-0.39, 0.29) is 4.90 Å². The molecular formula is C14H20N4O2S. The number of aromatic nitrogens is 2. The third kappa shape index (κ3) is 3.43. The van der Waals surface area contributed by atoms with Gasteiger partial charge in [0.25, 0.3) is 0 Å². The maximum absolute atomic E-state index is 12.2. The molecule has 0 aliphatic carbocycles. The number of rotatable bonds is 6. The molecule has 0 fully saturated rings. The van der Waals surface area contributed by atoms with Crippen LogP contribution in [0.4, 0.5) is 5.69 Å². The van der Waals surface area contributed by atoms with E-state index in [0.717, 1.165) is 11.3 Å². The van der Waals surface area contributed by atoms with Crippen molar-refractivity contribution in [3.05, 3.63) is 41.7 Å². The Morgan fingerprint density at radius 2 is 2.00 bits per heavy atom. The normalized spacial score (nSPS) is 11.6. The van der Waals surface area contributed by atoms with Crippen molar-refractivity contribution < 1.29 is 8.42 Å². The van der Waals surface area contributed by atoms with Crippen LogP contribution in [0.25, 0.3) is 0 Å². The van der Waals surface area contributed by atoms with Crippen molar-refractivity contribution in [2.24, 2.45) is 7.05 Å². The van der Waals surface area contributed by atoms with E-state index in [1.807, 2.05) is 20.0 Å². The first-order chi connectivity index (χ1) is 9.95. The second-order valence-corrected chi connectivity index (χ2v) is 6.47. The van der Waals surface area contributed by atoms with Crippen LogP contribution < -0.4 is 10.0 Å². The Morgan fingerprint density at radius 1 is 1.29 bits per heavy atom. The zero-order chi connectivity index (χ0) is 15.5. The standard InChI is InChI=1S/C14H20N4O2S/c1-4-17-21(19,20)14-8-6-5-7-13(14)15-9-12-10-16-18(3)11(12)2/h5-8,10,15,17H,4,9H2,1-3H3. The summed E-state index contributed by atoms with van der Waals surface area (Å²) >= 11 is 0. The van der Waals surface area contributed by atoms with Gasteiger partial charge in [0.1, 0.15) is 4.90 Å². The molecule has 0 amide bonds. The fourth-order valence-corrected chi connectivity index (χ4v) is 3.25. The van der Waals surface area contributed by atoms with Gasteiger partial charge in [-0.3, -0.25) is 4.68 Å². The van der Waals surface area contributed by atoms with Gasteiger partial charge >= 0.3 is 0 Å². The zero-order valence-electron chi connectivity index (χ0n) is 12.4. The van der Waals surface area contributed by atoms with E-state index in [0.29, 0.717) is 18.8 Å². The average molecular weight is 308 g/mol. The number of para-hydroxylation sites is 1. The van der Waals surface area contributed by atoms with E-state index in [1.165, 1.54) is 0 Å². The summed E-state index contributed by atoms with van der Waals surface area (Å²) in [7, 11) is -1.61. The highest BCUT2D eigenvalue weighted by atomic mass is 32.2. The average Bonchev–Trinajstić information content (AvgIpc) is 2.77. The summed E-state index contributed by atoms with van der Waals surface area (Å²) in [5, 5.41) is 7.35. The van der Waals surface area contributed by atoms with Gasteiger partial charge in [0.2, 0.25) is 10.0 Å². The Morgan fingerprint density at radius 3 is 2.62 bits per heavy atom. The fraction of sp³-hybridized carbons (Fsp3) is 0.357. The smallest absolute Gasteiger partial charge is 0.242 e. The number of aryl methyl sites for hydroxylation is 1. The Labute approximate surface area is 125 Å². The minimum Gasteiger partial charge on any atom is -0.380 e. The lowest BCUT2D eigenvalue weighted by Crippen LogP contribution is -2.24. The van der Waals surface area contributed by atoms with Crippen molar-refractivity contribution >= 4 is 15.7 Å². The van der Waals surface area contributed by atoms with Crippen LogP contribution >= 0.6 is 0 Å². The van der Waals surface area contributed by atoms with Crippen LogP contribution in [-0.4, -0.2) is 24.7 Å². The Balaban J connectivity index is 2.23. The van der Waals surface area contributed by atoms with Crippen LogP contribution in [0, 0.1) is 6.92 Å². The van der Waals surface area contributed by atoms with Gasteiger partial charge in [-0.1, -0.05) is 19.1 Å². The molecular weight excluding hydrogens is 288 g/mol. The fourth-order valence-electron chi connectivity index (χ4n) is 2.02. The maximum Gasteiger partial charge on any atom is 0.242 e. The van der Waals surface area contributed by atoms with Crippen LogP contribution in [0.3, 0.4) is 0 Å². The molecule has 1 heterocycles. The van der Waals surface area contributed by atoms with Crippen molar-refractivity contribution in [1.82, 2.24) is 14.5 Å². The van der Waals surface area contributed by atoms with E-state index in [1.54, 1.807) is 36.0 Å². The van der Waals surface area contributed by atoms with Crippen molar-refractivity contribution in [1.29, 1.82) is 0 Å². The van der Waals surface area contributed by atoms with Crippen molar-refractivity contribution in [3.63, 3.8) is 0 Å². The summed E-state index contributed by atoms with van der Waals surface area (Å²) in [6, 6.07) is 6.88. The van der Waals surface area contributed by atoms with Crippen LogP contribution in [0.1, 0.15) is 18.2 Å². The number of hydrogen-bond donors (Lipinski definition) is 2. The lowest BCUT2D eigenvalue weighted by Gasteiger charge is -2.12. The van der Waals surface area contributed by atoms with Crippen LogP contribution in [0.15, 0.2) is 35.4 Å². The number of benzene rings is 1. The number of hydrogen-bond acceptors (Lipinski definition) is 4. The summed E-state index contributed by atoms with van der Waals surface area (Å²) in [6.45, 7) is 4.62. The van der Waals surface area contributed by atoms with Crippen molar-refractivity contribution in [3.8, 4) is 0 Å². The molecule has 0 aliphatic heterocycles. The van der Waals surface area contributed by atoms with Crippen LogP contribution in [0.5, 0.6) is 0 Å². The molecule has 21 heavy (non-hydrogen) atoms. The molecule has 2 rings (SSSR count). The van der Waals surface area contributed by atoms with E-state index >= 15 is 0 Å². The van der Waals surface area contributed by atoms with E-state index < -0.39 is 10.0 Å². The number of anilines is 1. The SMILES string of the molecule is CCNS(=O)(=O)c1ccccc1NCc1cnn(C)c1C. The van der Waals surface area contributed by atoms with Crippen molar-refractivity contribution in [2.45, 2.75) is 25.3 Å². The summed E-state index contributed by atoms with van der Waals surface area (Å²) in [4.78, 5) is 0.258. The first kappa shape index (κ1) is 15.5. The van der Waals surface area contributed by atoms with Gasteiger partial charge in [-0.25, -0.2) is 13.1 Å². The van der Waals surface area contributed by atoms with Gasteiger partial charge in [0.05, 0.1) is 11.9 Å². The number of nitrogens with one attached hydrogen (secondary N) is 2. The maximum atomic E-state index is 12.2. The van der Waals surface area contributed by atoms with Gasteiger partial charge in [0.15, 0.2) is 0 Å². The topological polar surface area (TPSA) is 76.0 Å². The lowest BCUT2D eigenvalue weighted by atomic mass is 10.2. The molecule has 0 atom stereocenters. The molecule has 0 saturated heterocycles. The Kier molecular flexibility index (Phi) is 4.64. The minimum atomic E-state index is -3.48. The second-order valence-electron chi connectivity index (χ2n) is 4.73. The van der Waals surface area contributed by atoms with E-state index in [9.17, 15) is 8.42 Å². The first-order valence-corrected chi connectivity index (χ1v) is 8.24. The molecule has 7 heteroatoms. The molecule has 0 bridgehead atoms. The third-order valence-electron chi connectivity index (χ3n) is 3.32. The molecule has 0 unspecified atom stereocenters. The number of sulfonamides is 1. The molecule has 1 aromatic carbocycles. The molecule has 0 saturated carbocycles. The van der Waals surface area contributed by atoms with E-state index in [2.05, 4.69) is 15.1 Å². The summed E-state index contributed by atoms with van der Waals surface area (Å²) in [5.74, 6) is 0. The molecule has 1 aromatic heterocycles. The van der Waals surface area contributed by atoms with Gasteiger partial charge in [-0.15, -0.1) is 0 Å². The largest absolute Gasteiger partial charge is 0.380 e. The molecule has 2 N–H and O–H groups in total. The van der Waals surface area contributed by atoms with Crippen LogP contribution in [-0.2, 0) is 23.6 Å². The Hall–Kier alpha value is -1.86. The monoisotopic (exact) mass is 308 g/mol. The van der Waals surface area contributed by atoms with Crippen LogP contribution in [0.2, 0.25) is 0 Å². The predicted molar refractivity (Wildman–Crippen MR) is 82.6 cm³/mol. The number of nitrogens with zero attached hydrogens (tertiary/aromatic N) is 2. The minimum absolute atomic E-state index is 0.258. The molecule has 0 spiro atoms. The third-order valence-corrected chi connectivity index (χ3v) is 4.92. The van der Waals surface area contributed by atoms with Gasteiger partial charge in [-0.2, -0.15) is 5.10 Å². The molecule has 6 nitrogen and oxygen atoms in total. The first-order valence-electron chi connectivity index (χ1n) is 6.75. The highest BCUT2D eigenvalue weighted by Crippen LogP contribution is 2.21. The Bertz CT molecular complexity index is 722. The van der Waals surface area contributed by atoms with Gasteiger partial charge in [-0.05, 0) is 19.1 Å². The highest BCUT2D eigenvalue weighted by molar-refractivity contribution is 7.89. The summed E-state index contributed by atoms with van der Waals surface area (Å²) < 4.78 is 28.6. The molecule has 0 aliphatic rings. The highest BCUT2D eigenvalue weighted by Gasteiger charge is 2.17. The summed E-state index contributed by atoms with van der Waals surface area (Å²) in [5.41, 5.74) is 2.67. The zero-order valence-corrected chi connectivity index (χ0v) is 13.2. The van der Waals surface area contributed by atoms with Gasteiger partial charge in [0, 0.05) is 31.4 Å². The molecule has 0 radical (unpaired) electrons. The predicted octanol–water partition coefficient (Wildman–Crippen LogP) is 1.64. The second kappa shape index (κ2) is 6.28. The molecule has 114 valence electrons. The molecule has 2 aromatic rings. The summed E-state index contributed by atoms with van der Waals surface area (Å²) in [6.07, 6.45) is 1.78. The van der Waals surface area contributed by atoms with Crippen molar-refractivity contribution in [2.75, 3.05) is 11.9 Å². The van der Waals surface area contributed by atoms with E-state index in [4.69, 9.17) is 0 Å². The van der Waals surface area contributed by atoms with Gasteiger partial charge < -0.3 is 5.32 Å².